The summed E-state index contributed by atoms with van der Waals surface area (Å²) in [6.07, 6.45) is 4.32. The van der Waals surface area contributed by atoms with Gasteiger partial charge >= 0.3 is 0 Å². The first-order valence-electron chi connectivity index (χ1n) is 16.9. The van der Waals surface area contributed by atoms with Gasteiger partial charge in [-0.15, -0.1) is 0 Å². The lowest BCUT2D eigenvalue weighted by Gasteiger charge is -2.16. The van der Waals surface area contributed by atoms with Gasteiger partial charge in [-0.3, -0.25) is 24.2 Å². The number of amides is 4. The summed E-state index contributed by atoms with van der Waals surface area (Å²) in [4.78, 5) is 58.1. The van der Waals surface area contributed by atoms with Gasteiger partial charge in [-0.1, -0.05) is 65.1 Å². The van der Waals surface area contributed by atoms with Crippen molar-refractivity contribution in [1.29, 1.82) is 0 Å². The van der Waals surface area contributed by atoms with Crippen molar-refractivity contribution in [2.45, 2.75) is 57.8 Å². The van der Waals surface area contributed by atoms with Gasteiger partial charge in [-0.25, -0.2) is 4.98 Å². The number of nitrogens with one attached hydrogen (secondary N) is 6. The summed E-state index contributed by atoms with van der Waals surface area (Å²) < 4.78 is 0. The smallest absolute Gasteiger partial charge is 0.275 e. The highest BCUT2D eigenvalue weighted by Gasteiger charge is 2.23. The molecule has 4 aromatic rings. The van der Waals surface area contributed by atoms with E-state index in [1.807, 2.05) is 6.07 Å². The Morgan fingerprint density at radius 1 is 0.788 bits per heavy atom. The molecule has 0 aliphatic carbocycles. The van der Waals surface area contributed by atoms with E-state index in [1.54, 1.807) is 61.7 Å². The van der Waals surface area contributed by atoms with Crippen LogP contribution in [0.1, 0.15) is 63.5 Å². The highest BCUT2D eigenvalue weighted by molar-refractivity contribution is 6.40. The van der Waals surface area contributed by atoms with Crippen LogP contribution in [0.15, 0.2) is 60.8 Å². The van der Waals surface area contributed by atoms with Crippen molar-refractivity contribution >= 4 is 69.8 Å². The van der Waals surface area contributed by atoms with Gasteiger partial charge < -0.3 is 31.9 Å². The van der Waals surface area contributed by atoms with Crippen LogP contribution in [0.3, 0.4) is 0 Å². The lowest BCUT2D eigenvalue weighted by atomic mass is 10.0. The largest absolute Gasteiger partial charge is 0.352 e. The minimum atomic E-state index is -0.538. The van der Waals surface area contributed by atoms with Gasteiger partial charge in [0.05, 0.1) is 26.4 Å². The lowest BCUT2D eigenvalue weighted by molar-refractivity contribution is -0.120. The van der Waals surface area contributed by atoms with E-state index in [-0.39, 0.29) is 50.4 Å². The minimum Gasteiger partial charge on any atom is -0.352 e. The van der Waals surface area contributed by atoms with Crippen LogP contribution < -0.4 is 31.9 Å². The third-order valence-corrected chi connectivity index (χ3v) is 10.0. The number of rotatable bonds is 13. The third-order valence-electron chi connectivity index (χ3n) is 8.92. The molecule has 0 radical (unpaired) electrons. The van der Waals surface area contributed by atoms with E-state index in [0.717, 1.165) is 24.0 Å². The number of aromatic nitrogens is 2. The van der Waals surface area contributed by atoms with Crippen molar-refractivity contribution in [1.82, 2.24) is 31.2 Å². The molecule has 2 atom stereocenters. The number of carbonyl (C=O) groups excluding carboxylic acids is 4. The maximum absolute atomic E-state index is 13.4. The topological polar surface area (TPSA) is 166 Å². The molecular formula is C37H37Cl3N8O4. The molecule has 12 nitrogen and oxygen atoms in total. The number of pyridine rings is 2. The van der Waals surface area contributed by atoms with E-state index >= 15 is 0 Å². The Kier molecular flexibility index (Phi) is 12.0. The summed E-state index contributed by atoms with van der Waals surface area (Å²) in [7, 11) is 0. The normalized spacial score (nSPS) is 16.8. The van der Waals surface area contributed by atoms with Crippen molar-refractivity contribution in [2.75, 3.05) is 23.7 Å². The number of aryl methyl sites for hydroxylation is 1. The van der Waals surface area contributed by atoms with E-state index in [1.165, 1.54) is 0 Å². The van der Waals surface area contributed by atoms with Gasteiger partial charge in [0.1, 0.15) is 11.4 Å². The fourth-order valence-electron chi connectivity index (χ4n) is 6.09. The molecule has 2 aliphatic heterocycles. The molecule has 6 N–H and O–H groups in total. The summed E-state index contributed by atoms with van der Waals surface area (Å²) in [5.74, 6) is -0.846. The second-order valence-electron chi connectivity index (χ2n) is 12.7. The molecule has 0 saturated carbocycles. The van der Waals surface area contributed by atoms with Crippen LogP contribution in [0.5, 0.6) is 0 Å². The van der Waals surface area contributed by atoms with E-state index in [4.69, 9.17) is 34.8 Å². The molecule has 4 heterocycles. The average Bonchev–Trinajstić information content (AvgIpc) is 3.75. The number of carbonyl (C=O) groups is 4. The summed E-state index contributed by atoms with van der Waals surface area (Å²) >= 11 is 20.2. The molecule has 0 spiro atoms. The molecule has 6 rings (SSSR count). The predicted octanol–water partition coefficient (Wildman–Crippen LogP) is 5.65. The Labute approximate surface area is 315 Å². The van der Waals surface area contributed by atoms with Crippen molar-refractivity contribution < 1.29 is 19.2 Å². The molecule has 0 unspecified atom stereocenters. The van der Waals surface area contributed by atoms with Crippen LogP contribution in [0.25, 0.3) is 11.1 Å². The standard InChI is InChI=1S/C37H37Cl3N8O4/c1-20-22(17-42-19-24-10-13-32(50)46-24)14-27(38)35(44-20)37(52)48-29-7-3-5-26(34(29)40)25-4-2-6-28(33(25)39)47-36(51)30-11-8-21(16-43-30)15-41-18-23-9-12-31(49)45-23/h2-8,11,14,16,23-24,41-42H,9-10,12-13,15,17-19H2,1H3,(H,45,49)(H,46,50)(H,47,51)(H,48,52)/t23-,24-/m0/s1. The number of anilines is 2. The maximum Gasteiger partial charge on any atom is 0.275 e. The molecule has 2 fully saturated rings. The molecule has 4 amide bonds. The lowest BCUT2D eigenvalue weighted by Crippen LogP contribution is -2.35. The van der Waals surface area contributed by atoms with Gasteiger partial charge in [0, 0.05) is 74.1 Å². The molecule has 270 valence electrons. The number of benzene rings is 2. The fraction of sp³-hybridized carbons (Fsp3) is 0.297. The first kappa shape index (κ1) is 37.2. The number of halogens is 3. The van der Waals surface area contributed by atoms with E-state index in [9.17, 15) is 19.2 Å². The predicted molar refractivity (Wildman–Crippen MR) is 202 cm³/mol. The van der Waals surface area contributed by atoms with Gasteiger partial charge in [0.25, 0.3) is 11.8 Å². The minimum absolute atomic E-state index is 0.0483. The third kappa shape index (κ3) is 9.06. The molecule has 52 heavy (non-hydrogen) atoms. The molecule has 2 aliphatic rings. The fourth-order valence-corrected chi connectivity index (χ4v) is 6.90. The average molecular weight is 764 g/mol. The molecule has 0 bridgehead atoms. The monoisotopic (exact) mass is 762 g/mol. The SMILES string of the molecule is Cc1nc(C(=O)Nc2cccc(-c3cccc(NC(=O)c4ccc(CNC[C@@H]5CCC(=O)N5)cn4)c3Cl)c2Cl)c(Cl)cc1CNC[C@@H]1CCC(=O)N1. The summed E-state index contributed by atoms with van der Waals surface area (Å²) in [6, 6.07) is 15.7. The van der Waals surface area contributed by atoms with Crippen LogP contribution in [0.2, 0.25) is 15.1 Å². The number of hydrogen-bond donors (Lipinski definition) is 6. The molecule has 2 aromatic carbocycles. The van der Waals surface area contributed by atoms with E-state index in [2.05, 4.69) is 41.9 Å². The number of nitrogens with zero attached hydrogens (tertiary/aromatic N) is 2. The van der Waals surface area contributed by atoms with Crippen LogP contribution >= 0.6 is 34.8 Å². The van der Waals surface area contributed by atoms with Crippen LogP contribution in [-0.4, -0.2) is 58.8 Å². The Morgan fingerprint density at radius 3 is 1.90 bits per heavy atom. The van der Waals surface area contributed by atoms with Crippen molar-refractivity contribution in [3.63, 3.8) is 0 Å². The van der Waals surface area contributed by atoms with Crippen molar-refractivity contribution in [2.24, 2.45) is 0 Å². The highest BCUT2D eigenvalue weighted by Crippen LogP contribution is 2.40. The molecule has 15 heteroatoms. The quantitative estimate of drug-likeness (QED) is 0.102. The molecular weight excluding hydrogens is 727 g/mol. The Bertz CT molecular complexity index is 2010. The van der Waals surface area contributed by atoms with Crippen molar-refractivity contribution in [3.8, 4) is 11.1 Å². The zero-order valence-electron chi connectivity index (χ0n) is 28.2. The van der Waals surface area contributed by atoms with E-state index in [0.29, 0.717) is 67.2 Å². The first-order chi connectivity index (χ1) is 25.0. The Hall–Kier alpha value is -4.59. The molecule has 2 aromatic heterocycles. The van der Waals surface area contributed by atoms with Crippen LogP contribution in [-0.2, 0) is 22.7 Å². The van der Waals surface area contributed by atoms with Gasteiger partial charge in [0.2, 0.25) is 11.8 Å². The van der Waals surface area contributed by atoms with Gasteiger partial charge in [-0.05, 0) is 55.2 Å². The number of hydrogen-bond acceptors (Lipinski definition) is 8. The second kappa shape index (κ2) is 16.8. The van der Waals surface area contributed by atoms with Crippen molar-refractivity contribution in [3.05, 3.63) is 104 Å². The second-order valence-corrected chi connectivity index (χ2v) is 13.9. The summed E-state index contributed by atoms with van der Waals surface area (Å²) in [6.45, 7) is 4.10. The summed E-state index contributed by atoms with van der Waals surface area (Å²) in [5.41, 5.74) is 4.37. The highest BCUT2D eigenvalue weighted by atomic mass is 35.5. The Morgan fingerprint density at radius 2 is 1.37 bits per heavy atom. The molecule has 2 saturated heterocycles. The maximum atomic E-state index is 13.4. The van der Waals surface area contributed by atoms with Crippen LogP contribution in [0, 0.1) is 6.92 Å². The van der Waals surface area contributed by atoms with Gasteiger partial charge in [0.15, 0.2) is 0 Å². The summed E-state index contributed by atoms with van der Waals surface area (Å²) in [5, 5.41) is 18.8. The zero-order chi connectivity index (χ0) is 36.8. The first-order valence-corrected chi connectivity index (χ1v) is 18.0. The van der Waals surface area contributed by atoms with Gasteiger partial charge in [-0.2, -0.15) is 0 Å². The van der Waals surface area contributed by atoms with Crippen LogP contribution in [0.4, 0.5) is 11.4 Å². The zero-order valence-corrected chi connectivity index (χ0v) is 30.5. The Balaban J connectivity index is 1.08. The van der Waals surface area contributed by atoms with E-state index < -0.39 is 11.8 Å².